The summed E-state index contributed by atoms with van der Waals surface area (Å²) in [5, 5.41) is 6.17. The molecule has 0 aromatic heterocycles. The van der Waals surface area contributed by atoms with Crippen LogP contribution < -0.4 is 10.6 Å². The van der Waals surface area contributed by atoms with E-state index < -0.39 is 0 Å². The van der Waals surface area contributed by atoms with Crippen LogP contribution in [-0.4, -0.2) is 19.0 Å². The number of carbonyl (C=O) groups is 1. The molecule has 1 amide bonds. The fraction of sp³-hybridized carbons (Fsp3) is 0.417. The maximum atomic E-state index is 11.8. The highest BCUT2D eigenvalue weighted by molar-refractivity contribution is 5.97. The SMILES string of the molecule is CCNC(=O)c1cccc2c1CCCN2. The first-order valence-corrected chi connectivity index (χ1v) is 5.47. The Labute approximate surface area is 89.9 Å². The highest BCUT2D eigenvalue weighted by atomic mass is 16.1. The zero-order chi connectivity index (χ0) is 10.7. The molecule has 1 aromatic rings. The number of hydrogen-bond donors (Lipinski definition) is 2. The molecular formula is C12H16N2O. The Bertz CT molecular complexity index is 374. The Morgan fingerprint density at radius 1 is 1.53 bits per heavy atom. The van der Waals surface area contributed by atoms with Gasteiger partial charge in [-0.3, -0.25) is 4.79 Å². The molecule has 80 valence electrons. The van der Waals surface area contributed by atoms with Gasteiger partial charge in [-0.15, -0.1) is 0 Å². The number of anilines is 1. The van der Waals surface area contributed by atoms with Crippen molar-refractivity contribution in [3.8, 4) is 0 Å². The largest absolute Gasteiger partial charge is 0.385 e. The molecule has 2 rings (SSSR count). The molecule has 0 aliphatic carbocycles. The molecule has 2 N–H and O–H groups in total. The summed E-state index contributed by atoms with van der Waals surface area (Å²) in [7, 11) is 0. The van der Waals surface area contributed by atoms with Gasteiger partial charge in [-0.05, 0) is 37.5 Å². The van der Waals surface area contributed by atoms with Crippen molar-refractivity contribution in [3.05, 3.63) is 29.3 Å². The van der Waals surface area contributed by atoms with Crippen molar-refractivity contribution in [1.29, 1.82) is 0 Å². The van der Waals surface area contributed by atoms with Gasteiger partial charge in [0.2, 0.25) is 0 Å². The third kappa shape index (κ3) is 1.96. The molecule has 15 heavy (non-hydrogen) atoms. The summed E-state index contributed by atoms with van der Waals surface area (Å²) in [6.45, 7) is 3.62. The van der Waals surface area contributed by atoms with Gasteiger partial charge in [-0.25, -0.2) is 0 Å². The summed E-state index contributed by atoms with van der Waals surface area (Å²) in [4.78, 5) is 11.8. The lowest BCUT2D eigenvalue weighted by atomic mass is 9.97. The van der Waals surface area contributed by atoms with Crippen LogP contribution in [0.2, 0.25) is 0 Å². The van der Waals surface area contributed by atoms with Crippen molar-refractivity contribution < 1.29 is 4.79 Å². The number of hydrogen-bond acceptors (Lipinski definition) is 2. The predicted octanol–water partition coefficient (Wildman–Crippen LogP) is 1.79. The minimum atomic E-state index is 0.0399. The van der Waals surface area contributed by atoms with Gasteiger partial charge in [-0.1, -0.05) is 6.07 Å². The first-order valence-electron chi connectivity index (χ1n) is 5.47. The molecule has 0 radical (unpaired) electrons. The van der Waals surface area contributed by atoms with Gasteiger partial charge in [0.05, 0.1) is 0 Å². The van der Waals surface area contributed by atoms with Crippen molar-refractivity contribution in [2.45, 2.75) is 19.8 Å². The Balaban J connectivity index is 2.34. The zero-order valence-corrected chi connectivity index (χ0v) is 8.97. The number of fused-ring (bicyclic) bond motifs is 1. The van der Waals surface area contributed by atoms with Crippen LogP contribution in [0.3, 0.4) is 0 Å². The maximum absolute atomic E-state index is 11.8. The Hall–Kier alpha value is -1.51. The standard InChI is InChI=1S/C12H16N2O/c1-2-13-12(15)10-5-3-7-11-9(10)6-4-8-14-11/h3,5,7,14H,2,4,6,8H2,1H3,(H,13,15). The minimum Gasteiger partial charge on any atom is -0.385 e. The zero-order valence-electron chi connectivity index (χ0n) is 8.97. The Kier molecular flexibility index (Phi) is 2.90. The number of carbonyl (C=O) groups excluding carboxylic acids is 1. The van der Waals surface area contributed by atoms with Gasteiger partial charge in [0.15, 0.2) is 0 Å². The molecule has 1 aliphatic rings. The minimum absolute atomic E-state index is 0.0399. The van der Waals surface area contributed by atoms with Crippen LogP contribution in [0, 0.1) is 0 Å². The third-order valence-corrected chi connectivity index (χ3v) is 2.68. The van der Waals surface area contributed by atoms with E-state index in [4.69, 9.17) is 0 Å². The van der Waals surface area contributed by atoms with E-state index in [-0.39, 0.29) is 5.91 Å². The van der Waals surface area contributed by atoms with Crippen LogP contribution in [0.1, 0.15) is 29.3 Å². The van der Waals surface area contributed by atoms with Crippen LogP contribution in [0.5, 0.6) is 0 Å². The molecule has 0 unspecified atom stereocenters. The molecule has 0 saturated carbocycles. The lowest BCUT2D eigenvalue weighted by molar-refractivity contribution is 0.0955. The number of benzene rings is 1. The second kappa shape index (κ2) is 4.34. The van der Waals surface area contributed by atoms with Crippen molar-refractivity contribution in [2.75, 3.05) is 18.4 Å². The molecule has 0 saturated heterocycles. The first-order chi connectivity index (χ1) is 7.33. The molecule has 1 aromatic carbocycles. The van der Waals surface area contributed by atoms with E-state index in [1.54, 1.807) is 0 Å². The highest BCUT2D eigenvalue weighted by Crippen LogP contribution is 2.25. The van der Waals surface area contributed by atoms with Crippen LogP contribution >= 0.6 is 0 Å². The molecule has 0 bridgehead atoms. The highest BCUT2D eigenvalue weighted by Gasteiger charge is 2.16. The summed E-state index contributed by atoms with van der Waals surface area (Å²) in [6, 6.07) is 5.87. The summed E-state index contributed by atoms with van der Waals surface area (Å²) >= 11 is 0. The van der Waals surface area contributed by atoms with Crippen molar-refractivity contribution in [1.82, 2.24) is 5.32 Å². The number of rotatable bonds is 2. The molecule has 0 spiro atoms. The second-order valence-corrected chi connectivity index (χ2v) is 3.72. The maximum Gasteiger partial charge on any atom is 0.251 e. The number of amides is 1. The summed E-state index contributed by atoms with van der Waals surface area (Å²) in [5.41, 5.74) is 3.10. The fourth-order valence-corrected chi connectivity index (χ4v) is 1.98. The van der Waals surface area contributed by atoms with Crippen LogP contribution in [-0.2, 0) is 6.42 Å². The molecule has 0 atom stereocenters. The predicted molar refractivity (Wildman–Crippen MR) is 61.3 cm³/mol. The Morgan fingerprint density at radius 3 is 3.20 bits per heavy atom. The van der Waals surface area contributed by atoms with Crippen LogP contribution in [0.4, 0.5) is 5.69 Å². The fourth-order valence-electron chi connectivity index (χ4n) is 1.98. The van der Waals surface area contributed by atoms with Crippen LogP contribution in [0.15, 0.2) is 18.2 Å². The van der Waals surface area contributed by atoms with Gasteiger partial charge < -0.3 is 10.6 Å². The van der Waals surface area contributed by atoms with Crippen molar-refractivity contribution >= 4 is 11.6 Å². The molecule has 3 nitrogen and oxygen atoms in total. The molecule has 1 aliphatic heterocycles. The van der Waals surface area contributed by atoms with Gasteiger partial charge in [0, 0.05) is 24.3 Å². The van der Waals surface area contributed by atoms with E-state index in [1.807, 2.05) is 25.1 Å². The summed E-state index contributed by atoms with van der Waals surface area (Å²) in [5.74, 6) is 0.0399. The Morgan fingerprint density at radius 2 is 2.40 bits per heavy atom. The molecule has 0 fully saturated rings. The number of nitrogens with one attached hydrogen (secondary N) is 2. The topological polar surface area (TPSA) is 41.1 Å². The smallest absolute Gasteiger partial charge is 0.251 e. The summed E-state index contributed by atoms with van der Waals surface area (Å²) < 4.78 is 0. The van der Waals surface area contributed by atoms with E-state index in [0.717, 1.165) is 36.2 Å². The average molecular weight is 204 g/mol. The van der Waals surface area contributed by atoms with Gasteiger partial charge in [-0.2, -0.15) is 0 Å². The third-order valence-electron chi connectivity index (χ3n) is 2.68. The van der Waals surface area contributed by atoms with E-state index in [0.29, 0.717) is 6.54 Å². The molecule has 3 heteroatoms. The van der Waals surface area contributed by atoms with Crippen molar-refractivity contribution in [3.63, 3.8) is 0 Å². The molecular weight excluding hydrogens is 188 g/mol. The van der Waals surface area contributed by atoms with E-state index in [2.05, 4.69) is 10.6 Å². The van der Waals surface area contributed by atoms with Crippen LogP contribution in [0.25, 0.3) is 0 Å². The first kappa shape index (κ1) is 10.0. The van der Waals surface area contributed by atoms with E-state index in [9.17, 15) is 4.79 Å². The lowest BCUT2D eigenvalue weighted by Crippen LogP contribution is -2.25. The average Bonchev–Trinajstić information content (AvgIpc) is 2.28. The second-order valence-electron chi connectivity index (χ2n) is 3.72. The van der Waals surface area contributed by atoms with Crippen molar-refractivity contribution in [2.24, 2.45) is 0 Å². The van der Waals surface area contributed by atoms with Gasteiger partial charge in [0.25, 0.3) is 5.91 Å². The monoisotopic (exact) mass is 204 g/mol. The quantitative estimate of drug-likeness (QED) is 0.771. The normalized spacial score (nSPS) is 13.9. The summed E-state index contributed by atoms with van der Waals surface area (Å²) in [6.07, 6.45) is 2.10. The lowest BCUT2D eigenvalue weighted by Gasteiger charge is -2.20. The van der Waals surface area contributed by atoms with Gasteiger partial charge >= 0.3 is 0 Å². The van der Waals surface area contributed by atoms with E-state index in [1.165, 1.54) is 0 Å². The van der Waals surface area contributed by atoms with E-state index >= 15 is 0 Å². The molecule has 1 heterocycles. The van der Waals surface area contributed by atoms with Gasteiger partial charge in [0.1, 0.15) is 0 Å².